The Morgan fingerprint density at radius 1 is 1.29 bits per heavy atom. The molecule has 0 nitrogen and oxygen atoms in total. The van der Waals surface area contributed by atoms with Crippen molar-refractivity contribution in [2.45, 2.75) is 20.0 Å². The Labute approximate surface area is 97.3 Å². The molecule has 0 aliphatic rings. The summed E-state index contributed by atoms with van der Waals surface area (Å²) >= 11 is 0. The van der Waals surface area contributed by atoms with Crippen LogP contribution in [0.3, 0.4) is 0 Å². The highest BCUT2D eigenvalue weighted by Crippen LogP contribution is 2.32. The normalized spacial score (nSPS) is 12.7. The van der Waals surface area contributed by atoms with E-state index in [9.17, 15) is 17.6 Å². The monoisotopic (exact) mass is 244 g/mol. The number of hydrogen-bond acceptors (Lipinski definition) is 0. The zero-order valence-electron chi connectivity index (χ0n) is 9.53. The average Bonchev–Trinajstić information content (AvgIpc) is 2.15. The van der Waals surface area contributed by atoms with Crippen LogP contribution in [0.1, 0.15) is 23.6 Å². The maximum Gasteiger partial charge on any atom is 0.416 e. The van der Waals surface area contributed by atoms with Gasteiger partial charge in [0, 0.05) is 0 Å². The van der Waals surface area contributed by atoms with Crippen LogP contribution in [0.25, 0.3) is 5.57 Å². The van der Waals surface area contributed by atoms with Crippen molar-refractivity contribution in [1.82, 2.24) is 0 Å². The fraction of sp³-hybridized carbons (Fsp3) is 0.231. The lowest BCUT2D eigenvalue weighted by Crippen LogP contribution is -2.05. The Hall–Kier alpha value is -1.58. The molecule has 0 spiro atoms. The number of alkyl halides is 3. The molecule has 0 saturated carbocycles. The van der Waals surface area contributed by atoms with Crippen molar-refractivity contribution in [1.29, 1.82) is 0 Å². The quantitative estimate of drug-likeness (QED) is 0.512. The first kappa shape index (κ1) is 13.5. The van der Waals surface area contributed by atoms with Crippen molar-refractivity contribution >= 4 is 5.57 Å². The topological polar surface area (TPSA) is 0 Å². The molecular weight excluding hydrogens is 232 g/mol. The first-order chi connectivity index (χ1) is 7.71. The molecular formula is C13H12F4. The van der Waals surface area contributed by atoms with Crippen LogP contribution in [0, 0.1) is 6.92 Å². The molecule has 0 saturated heterocycles. The average molecular weight is 244 g/mol. The summed E-state index contributed by atoms with van der Waals surface area (Å²) in [4.78, 5) is 0. The third-order valence-corrected chi connectivity index (χ3v) is 2.28. The molecule has 0 bridgehead atoms. The second-order valence-electron chi connectivity index (χ2n) is 3.78. The molecule has 1 aromatic carbocycles. The third-order valence-electron chi connectivity index (χ3n) is 2.28. The van der Waals surface area contributed by atoms with E-state index in [1.807, 2.05) is 0 Å². The van der Waals surface area contributed by atoms with Gasteiger partial charge in [-0.15, -0.1) is 0 Å². The van der Waals surface area contributed by atoms with Gasteiger partial charge in [0.2, 0.25) is 0 Å². The maximum atomic E-state index is 12.7. The fourth-order valence-electron chi connectivity index (χ4n) is 1.46. The molecule has 17 heavy (non-hydrogen) atoms. The lowest BCUT2D eigenvalue weighted by atomic mass is 9.98. The second kappa shape index (κ2) is 4.73. The van der Waals surface area contributed by atoms with E-state index in [2.05, 4.69) is 6.58 Å². The summed E-state index contributed by atoms with van der Waals surface area (Å²) in [6.45, 7) is 6.44. The van der Waals surface area contributed by atoms with Crippen LogP contribution in [0.5, 0.6) is 0 Å². The van der Waals surface area contributed by atoms with E-state index in [-0.39, 0.29) is 5.57 Å². The van der Waals surface area contributed by atoms with Gasteiger partial charge in [-0.3, -0.25) is 0 Å². The van der Waals surface area contributed by atoms with Crippen LogP contribution in [0.4, 0.5) is 17.6 Å². The van der Waals surface area contributed by atoms with Crippen molar-refractivity contribution < 1.29 is 17.6 Å². The van der Waals surface area contributed by atoms with Gasteiger partial charge >= 0.3 is 6.18 Å². The van der Waals surface area contributed by atoms with Crippen molar-refractivity contribution in [2.75, 3.05) is 0 Å². The first-order valence-corrected chi connectivity index (χ1v) is 4.92. The van der Waals surface area contributed by atoms with Gasteiger partial charge in [0.05, 0.1) is 11.4 Å². The SMILES string of the molecule is C=C(/C=C(\C)F)c1cc(C(F)(F)F)ccc1C. The van der Waals surface area contributed by atoms with E-state index in [1.54, 1.807) is 6.92 Å². The van der Waals surface area contributed by atoms with E-state index in [0.717, 1.165) is 18.2 Å². The Kier molecular flexibility index (Phi) is 3.76. The predicted molar refractivity (Wildman–Crippen MR) is 60.1 cm³/mol. The minimum absolute atomic E-state index is 0.230. The number of benzene rings is 1. The van der Waals surface area contributed by atoms with Crippen LogP contribution >= 0.6 is 0 Å². The highest BCUT2D eigenvalue weighted by Gasteiger charge is 2.30. The van der Waals surface area contributed by atoms with Gasteiger partial charge in [-0.1, -0.05) is 12.6 Å². The van der Waals surface area contributed by atoms with Crippen molar-refractivity contribution in [3.8, 4) is 0 Å². The smallest absolute Gasteiger partial charge is 0.212 e. The minimum atomic E-state index is -4.41. The summed E-state index contributed by atoms with van der Waals surface area (Å²) in [7, 11) is 0. The van der Waals surface area contributed by atoms with Crippen LogP contribution in [0.15, 0.2) is 36.7 Å². The molecule has 0 amide bonds. The zero-order chi connectivity index (χ0) is 13.2. The predicted octanol–water partition coefficient (Wildman–Crippen LogP) is 4.90. The van der Waals surface area contributed by atoms with Crippen LogP contribution in [-0.4, -0.2) is 0 Å². The largest absolute Gasteiger partial charge is 0.416 e. The lowest BCUT2D eigenvalue weighted by molar-refractivity contribution is -0.137. The maximum absolute atomic E-state index is 12.7. The lowest BCUT2D eigenvalue weighted by Gasteiger charge is -2.11. The molecule has 0 unspecified atom stereocenters. The number of hydrogen-bond donors (Lipinski definition) is 0. The van der Waals surface area contributed by atoms with Gasteiger partial charge in [0.1, 0.15) is 0 Å². The van der Waals surface area contributed by atoms with E-state index in [1.165, 1.54) is 13.0 Å². The van der Waals surface area contributed by atoms with Gasteiger partial charge in [-0.25, -0.2) is 4.39 Å². The number of halogens is 4. The molecule has 0 N–H and O–H groups in total. The summed E-state index contributed by atoms with van der Waals surface area (Å²) in [5.41, 5.74) is 0.398. The Bertz CT molecular complexity index is 463. The van der Waals surface area contributed by atoms with Crippen LogP contribution < -0.4 is 0 Å². The molecule has 0 aromatic heterocycles. The van der Waals surface area contributed by atoms with E-state index < -0.39 is 17.6 Å². The van der Waals surface area contributed by atoms with Gasteiger partial charge in [0.15, 0.2) is 0 Å². The summed E-state index contributed by atoms with van der Waals surface area (Å²) in [5.74, 6) is -0.494. The molecule has 1 rings (SSSR count). The van der Waals surface area contributed by atoms with Crippen molar-refractivity contribution in [2.24, 2.45) is 0 Å². The highest BCUT2D eigenvalue weighted by atomic mass is 19.4. The number of aryl methyl sites for hydroxylation is 1. The molecule has 1 aromatic rings. The molecule has 0 aliphatic heterocycles. The van der Waals surface area contributed by atoms with Gasteiger partial charge in [-0.2, -0.15) is 13.2 Å². The summed E-state index contributed by atoms with van der Waals surface area (Å²) in [6, 6.07) is 3.33. The van der Waals surface area contributed by atoms with Gasteiger partial charge < -0.3 is 0 Å². The Balaban J connectivity index is 3.25. The standard InChI is InChI=1S/C13H12F4/c1-8-4-5-11(13(15,16)17)7-12(8)9(2)6-10(3)14/h4-7H,2H2,1,3H3/b10-6+. The number of allylic oxidation sites excluding steroid dienone is 3. The summed E-state index contributed by atoms with van der Waals surface area (Å²) < 4.78 is 50.2. The summed E-state index contributed by atoms with van der Waals surface area (Å²) in [6.07, 6.45) is -3.29. The van der Waals surface area contributed by atoms with E-state index >= 15 is 0 Å². The second-order valence-corrected chi connectivity index (χ2v) is 3.78. The summed E-state index contributed by atoms with van der Waals surface area (Å²) in [5, 5.41) is 0. The molecule has 0 fully saturated rings. The van der Waals surface area contributed by atoms with Gasteiger partial charge in [-0.05, 0) is 48.8 Å². The number of rotatable bonds is 2. The van der Waals surface area contributed by atoms with Crippen LogP contribution in [0.2, 0.25) is 0 Å². The molecule has 92 valence electrons. The van der Waals surface area contributed by atoms with Gasteiger partial charge in [0.25, 0.3) is 0 Å². The van der Waals surface area contributed by atoms with Crippen molar-refractivity contribution in [3.05, 3.63) is 53.4 Å². The van der Waals surface area contributed by atoms with Crippen LogP contribution in [-0.2, 0) is 6.18 Å². The fourth-order valence-corrected chi connectivity index (χ4v) is 1.46. The minimum Gasteiger partial charge on any atom is -0.212 e. The van der Waals surface area contributed by atoms with E-state index in [4.69, 9.17) is 0 Å². The molecule has 4 heteroatoms. The van der Waals surface area contributed by atoms with Crippen molar-refractivity contribution in [3.63, 3.8) is 0 Å². The molecule has 0 aliphatic carbocycles. The first-order valence-electron chi connectivity index (χ1n) is 4.92. The molecule has 0 atom stereocenters. The Morgan fingerprint density at radius 3 is 2.35 bits per heavy atom. The highest BCUT2D eigenvalue weighted by molar-refractivity contribution is 5.74. The Morgan fingerprint density at radius 2 is 1.88 bits per heavy atom. The third kappa shape index (κ3) is 3.44. The van der Waals surface area contributed by atoms with E-state index in [0.29, 0.717) is 11.1 Å². The molecule has 0 heterocycles. The zero-order valence-corrected chi connectivity index (χ0v) is 9.53. The molecule has 0 radical (unpaired) electrons.